The molecule has 0 N–H and O–H groups in total. The average molecular weight is 332 g/mol. The Morgan fingerprint density at radius 3 is 2.86 bits per heavy atom. The Morgan fingerprint density at radius 2 is 2.24 bits per heavy atom. The van der Waals surface area contributed by atoms with Crippen molar-refractivity contribution in [1.82, 2.24) is 9.88 Å². The number of carbonyl (C=O) groups excluding carboxylic acids is 2. The van der Waals surface area contributed by atoms with E-state index < -0.39 is 21.8 Å². The van der Waals surface area contributed by atoms with Crippen molar-refractivity contribution >= 4 is 33.1 Å². The van der Waals surface area contributed by atoms with E-state index in [0.29, 0.717) is 0 Å². The SMILES string of the molecule is CCOC(=O)c1nc(C(=O)N2CCS(=O)(=O)CC2C)cs1. The molecule has 1 aromatic heterocycles. The van der Waals surface area contributed by atoms with Crippen LogP contribution in [0, 0.1) is 0 Å². The number of ether oxygens (including phenoxy) is 1. The van der Waals surface area contributed by atoms with Crippen LogP contribution in [0.4, 0.5) is 0 Å². The smallest absolute Gasteiger partial charge is 0.367 e. The van der Waals surface area contributed by atoms with Gasteiger partial charge in [-0.1, -0.05) is 0 Å². The van der Waals surface area contributed by atoms with Gasteiger partial charge in [0, 0.05) is 18.0 Å². The zero-order valence-electron chi connectivity index (χ0n) is 11.7. The average Bonchev–Trinajstić information content (AvgIpc) is 2.87. The molecule has 0 spiro atoms. The van der Waals surface area contributed by atoms with Gasteiger partial charge < -0.3 is 9.64 Å². The molecule has 116 valence electrons. The molecular formula is C12H16N2O5S2. The summed E-state index contributed by atoms with van der Waals surface area (Å²) in [5, 5.41) is 1.61. The molecule has 0 radical (unpaired) electrons. The summed E-state index contributed by atoms with van der Waals surface area (Å²) in [4.78, 5) is 29.3. The first kappa shape index (κ1) is 15.9. The van der Waals surface area contributed by atoms with Crippen LogP contribution in [-0.2, 0) is 14.6 Å². The molecule has 1 saturated heterocycles. The highest BCUT2D eigenvalue weighted by Gasteiger charge is 2.32. The number of hydrogen-bond acceptors (Lipinski definition) is 7. The fourth-order valence-electron chi connectivity index (χ4n) is 2.11. The molecule has 9 heteroatoms. The molecule has 0 aliphatic carbocycles. The van der Waals surface area contributed by atoms with Crippen molar-refractivity contribution in [3.05, 3.63) is 16.1 Å². The van der Waals surface area contributed by atoms with Crippen LogP contribution in [0.1, 0.15) is 34.1 Å². The molecule has 0 bridgehead atoms. The molecule has 1 amide bonds. The van der Waals surface area contributed by atoms with Crippen molar-refractivity contribution in [3.63, 3.8) is 0 Å². The van der Waals surface area contributed by atoms with Crippen LogP contribution in [0.25, 0.3) is 0 Å². The van der Waals surface area contributed by atoms with Crippen molar-refractivity contribution in [2.75, 3.05) is 24.7 Å². The summed E-state index contributed by atoms with van der Waals surface area (Å²) in [5.41, 5.74) is 0.147. The Morgan fingerprint density at radius 1 is 1.52 bits per heavy atom. The third-order valence-corrected chi connectivity index (χ3v) is 5.72. The summed E-state index contributed by atoms with van der Waals surface area (Å²) in [6, 6.07) is -0.399. The first-order valence-electron chi connectivity index (χ1n) is 6.48. The summed E-state index contributed by atoms with van der Waals surface area (Å²) in [6.45, 7) is 3.76. The highest BCUT2D eigenvalue weighted by Crippen LogP contribution is 2.18. The number of amides is 1. The monoisotopic (exact) mass is 332 g/mol. The number of thiazole rings is 1. The van der Waals surface area contributed by atoms with Gasteiger partial charge >= 0.3 is 5.97 Å². The minimum absolute atomic E-state index is 0.0437. The molecule has 1 fully saturated rings. The molecule has 7 nitrogen and oxygen atoms in total. The minimum Gasteiger partial charge on any atom is -0.461 e. The highest BCUT2D eigenvalue weighted by molar-refractivity contribution is 7.91. The number of carbonyl (C=O) groups is 2. The Hall–Kier alpha value is -1.48. The van der Waals surface area contributed by atoms with Crippen molar-refractivity contribution in [3.8, 4) is 0 Å². The van der Waals surface area contributed by atoms with E-state index in [1.54, 1.807) is 13.8 Å². The Bertz CT molecular complexity index is 652. The van der Waals surface area contributed by atoms with Gasteiger partial charge in [-0.15, -0.1) is 11.3 Å². The van der Waals surface area contributed by atoms with E-state index in [0.717, 1.165) is 11.3 Å². The lowest BCUT2D eigenvalue weighted by Crippen LogP contribution is -2.49. The molecule has 1 atom stereocenters. The van der Waals surface area contributed by atoms with Crippen molar-refractivity contribution < 1.29 is 22.7 Å². The lowest BCUT2D eigenvalue weighted by atomic mass is 10.3. The van der Waals surface area contributed by atoms with E-state index in [4.69, 9.17) is 4.74 Å². The molecule has 21 heavy (non-hydrogen) atoms. The van der Waals surface area contributed by atoms with E-state index in [1.807, 2.05) is 0 Å². The maximum atomic E-state index is 12.3. The van der Waals surface area contributed by atoms with Crippen LogP contribution in [0.5, 0.6) is 0 Å². The quantitative estimate of drug-likeness (QED) is 0.752. The number of rotatable bonds is 3. The largest absolute Gasteiger partial charge is 0.461 e. The maximum absolute atomic E-state index is 12.3. The van der Waals surface area contributed by atoms with Gasteiger partial charge in [0.1, 0.15) is 5.69 Å². The van der Waals surface area contributed by atoms with Gasteiger partial charge in [-0.05, 0) is 13.8 Å². The lowest BCUT2D eigenvalue weighted by Gasteiger charge is -2.32. The topological polar surface area (TPSA) is 93.6 Å². The molecule has 0 saturated carbocycles. The Balaban J connectivity index is 2.12. The van der Waals surface area contributed by atoms with Gasteiger partial charge in [-0.3, -0.25) is 4.79 Å². The number of nitrogens with zero attached hydrogens (tertiary/aromatic N) is 2. The summed E-state index contributed by atoms with van der Waals surface area (Å²) in [6.07, 6.45) is 0. The zero-order valence-corrected chi connectivity index (χ0v) is 13.4. The second kappa shape index (κ2) is 6.10. The number of hydrogen-bond donors (Lipinski definition) is 0. The van der Waals surface area contributed by atoms with E-state index in [1.165, 1.54) is 10.3 Å². The fourth-order valence-corrected chi connectivity index (χ4v) is 4.35. The van der Waals surface area contributed by atoms with Crippen molar-refractivity contribution in [1.29, 1.82) is 0 Å². The summed E-state index contributed by atoms with van der Waals surface area (Å²) in [7, 11) is -3.08. The van der Waals surface area contributed by atoms with Gasteiger partial charge in [0.15, 0.2) is 9.84 Å². The predicted molar refractivity (Wildman–Crippen MR) is 77.2 cm³/mol. The van der Waals surface area contributed by atoms with Crippen LogP contribution in [0.2, 0.25) is 0 Å². The Labute approximate surface area is 126 Å². The van der Waals surface area contributed by atoms with Crippen LogP contribution in [-0.4, -0.2) is 60.9 Å². The minimum atomic E-state index is -3.08. The summed E-state index contributed by atoms with van der Waals surface area (Å²) < 4.78 is 27.9. The van der Waals surface area contributed by atoms with Crippen molar-refractivity contribution in [2.24, 2.45) is 0 Å². The predicted octanol–water partition coefficient (Wildman–Crippen LogP) is 0.579. The third-order valence-electron chi connectivity index (χ3n) is 3.10. The standard InChI is InChI=1S/C12H16N2O5S2/c1-3-19-12(16)10-13-9(6-20-10)11(15)14-4-5-21(17,18)7-8(14)2/h6,8H,3-5,7H2,1-2H3. The second-order valence-electron chi connectivity index (χ2n) is 4.72. The molecule has 1 unspecified atom stereocenters. The highest BCUT2D eigenvalue weighted by atomic mass is 32.2. The first-order chi connectivity index (χ1) is 9.84. The second-order valence-corrected chi connectivity index (χ2v) is 7.81. The fraction of sp³-hybridized carbons (Fsp3) is 0.583. The van der Waals surface area contributed by atoms with E-state index in [-0.39, 0.29) is 41.3 Å². The van der Waals surface area contributed by atoms with Crippen LogP contribution in [0.3, 0.4) is 0 Å². The molecule has 1 aliphatic rings. The van der Waals surface area contributed by atoms with Crippen molar-refractivity contribution in [2.45, 2.75) is 19.9 Å². The van der Waals surface area contributed by atoms with E-state index in [2.05, 4.69) is 4.98 Å². The van der Waals surface area contributed by atoms with Crippen LogP contribution in [0.15, 0.2) is 5.38 Å². The molecule has 1 aromatic rings. The van der Waals surface area contributed by atoms with Crippen LogP contribution < -0.4 is 0 Å². The zero-order chi connectivity index (χ0) is 15.6. The number of esters is 1. The molecule has 2 rings (SSSR count). The molecule has 1 aliphatic heterocycles. The van der Waals surface area contributed by atoms with Gasteiger partial charge in [0.25, 0.3) is 5.91 Å². The van der Waals surface area contributed by atoms with Gasteiger partial charge in [0.05, 0.1) is 18.1 Å². The first-order valence-corrected chi connectivity index (χ1v) is 9.18. The normalized spacial score (nSPS) is 21.0. The van der Waals surface area contributed by atoms with E-state index in [9.17, 15) is 18.0 Å². The number of sulfone groups is 1. The van der Waals surface area contributed by atoms with E-state index >= 15 is 0 Å². The van der Waals surface area contributed by atoms with Gasteiger partial charge in [-0.25, -0.2) is 18.2 Å². The lowest BCUT2D eigenvalue weighted by molar-refractivity contribution is 0.0526. The summed E-state index contributed by atoms with van der Waals surface area (Å²) >= 11 is 1.04. The Kier molecular flexibility index (Phi) is 4.62. The number of aromatic nitrogens is 1. The third kappa shape index (κ3) is 3.59. The molecular weight excluding hydrogens is 316 g/mol. The van der Waals surface area contributed by atoms with Gasteiger partial charge in [0.2, 0.25) is 5.01 Å². The summed E-state index contributed by atoms with van der Waals surface area (Å²) in [5.74, 6) is -1.01. The molecule has 2 heterocycles. The molecule has 0 aromatic carbocycles. The maximum Gasteiger partial charge on any atom is 0.367 e. The van der Waals surface area contributed by atoms with Gasteiger partial charge in [-0.2, -0.15) is 0 Å². The van der Waals surface area contributed by atoms with Crippen LogP contribution >= 0.6 is 11.3 Å².